The molecule has 2 atom stereocenters. The molecule has 2 aromatic rings. The zero-order valence-electron chi connectivity index (χ0n) is 10.1. The Kier molecular flexibility index (Phi) is 2.24. The lowest BCUT2D eigenvalue weighted by molar-refractivity contribution is 0.173. The predicted molar refractivity (Wildman–Crippen MR) is 64.9 cm³/mol. The minimum Gasteiger partial charge on any atom is -0.440 e. The Balaban J connectivity index is 2.15. The number of rotatable bonds is 1. The highest BCUT2D eigenvalue weighted by Gasteiger charge is 2.43. The molecule has 17 heavy (non-hydrogen) atoms. The summed E-state index contributed by atoms with van der Waals surface area (Å²) in [7, 11) is 0. The van der Waals surface area contributed by atoms with E-state index in [4.69, 9.17) is 14.9 Å². The molecule has 2 N–H and O–H groups in total. The maximum Gasteiger partial charge on any atom is 0.205 e. The first kappa shape index (κ1) is 10.7. The number of para-hydroxylation sites is 1. The molecule has 2 unspecified atom stereocenters. The molecule has 0 spiro atoms. The van der Waals surface area contributed by atoms with Gasteiger partial charge in [-0.1, -0.05) is 12.1 Å². The first-order chi connectivity index (χ1) is 8.11. The van der Waals surface area contributed by atoms with Crippen molar-refractivity contribution in [2.75, 3.05) is 13.2 Å². The second kappa shape index (κ2) is 3.55. The van der Waals surface area contributed by atoms with Gasteiger partial charge < -0.3 is 14.9 Å². The lowest BCUT2D eigenvalue weighted by Gasteiger charge is -2.22. The normalized spacial score (nSPS) is 29.0. The second-order valence-corrected chi connectivity index (χ2v) is 4.98. The molecule has 4 heteroatoms. The second-order valence-electron chi connectivity index (χ2n) is 4.98. The number of aryl methyl sites for hydroxylation is 1. The molecule has 1 saturated heterocycles. The third-order valence-electron chi connectivity index (χ3n) is 3.62. The lowest BCUT2D eigenvalue weighted by Crippen LogP contribution is -2.42. The van der Waals surface area contributed by atoms with Crippen molar-refractivity contribution in [1.29, 1.82) is 0 Å². The van der Waals surface area contributed by atoms with Crippen LogP contribution in [0, 0.1) is 6.92 Å². The molecular formula is C13H16N2O2. The number of oxazole rings is 1. The molecule has 1 aliphatic rings. The maximum atomic E-state index is 6.08. The first-order valence-corrected chi connectivity index (χ1v) is 5.81. The third kappa shape index (κ3) is 1.48. The minimum absolute atomic E-state index is 0.0594. The Morgan fingerprint density at radius 2 is 2.29 bits per heavy atom. The number of hydrogen-bond acceptors (Lipinski definition) is 4. The van der Waals surface area contributed by atoms with Crippen LogP contribution in [0.5, 0.6) is 0 Å². The van der Waals surface area contributed by atoms with Gasteiger partial charge in [-0.15, -0.1) is 0 Å². The fourth-order valence-corrected chi connectivity index (χ4v) is 2.24. The topological polar surface area (TPSA) is 61.3 Å². The lowest BCUT2D eigenvalue weighted by atomic mass is 9.86. The van der Waals surface area contributed by atoms with Gasteiger partial charge in [0.1, 0.15) is 5.52 Å². The van der Waals surface area contributed by atoms with Gasteiger partial charge in [-0.05, 0) is 25.5 Å². The number of hydrogen-bond donors (Lipinski definition) is 1. The van der Waals surface area contributed by atoms with Crippen LogP contribution in [0.1, 0.15) is 18.4 Å². The van der Waals surface area contributed by atoms with E-state index in [2.05, 4.69) is 4.98 Å². The van der Waals surface area contributed by atoms with Gasteiger partial charge in [0.2, 0.25) is 5.89 Å². The molecule has 1 aromatic carbocycles. The third-order valence-corrected chi connectivity index (χ3v) is 3.62. The summed E-state index contributed by atoms with van der Waals surface area (Å²) in [5, 5.41) is 0. The molecule has 90 valence electrons. The molecule has 0 radical (unpaired) electrons. The number of nitrogens with zero attached hydrogens (tertiary/aromatic N) is 1. The Bertz CT molecular complexity index is 564. The van der Waals surface area contributed by atoms with Crippen LogP contribution in [-0.2, 0) is 10.2 Å². The van der Waals surface area contributed by atoms with Gasteiger partial charge in [0.15, 0.2) is 5.58 Å². The molecular weight excluding hydrogens is 216 g/mol. The van der Waals surface area contributed by atoms with E-state index in [0.717, 1.165) is 16.7 Å². The van der Waals surface area contributed by atoms with Crippen molar-refractivity contribution in [2.45, 2.75) is 25.3 Å². The summed E-state index contributed by atoms with van der Waals surface area (Å²) in [5.41, 5.74) is 8.60. The molecule has 0 aliphatic carbocycles. The zero-order chi connectivity index (χ0) is 12.0. The predicted octanol–water partition coefficient (Wildman–Crippen LogP) is 1.75. The molecule has 1 fully saturated rings. The van der Waals surface area contributed by atoms with Gasteiger partial charge in [0.05, 0.1) is 18.6 Å². The Morgan fingerprint density at radius 3 is 2.94 bits per heavy atom. The number of ether oxygens (including phenoxy) is 1. The summed E-state index contributed by atoms with van der Waals surface area (Å²) in [5.74, 6) is 0.687. The first-order valence-electron chi connectivity index (χ1n) is 5.81. The number of aromatic nitrogens is 1. The zero-order valence-corrected chi connectivity index (χ0v) is 10.1. The summed E-state index contributed by atoms with van der Waals surface area (Å²) in [4.78, 5) is 4.55. The van der Waals surface area contributed by atoms with E-state index in [1.165, 1.54) is 0 Å². The van der Waals surface area contributed by atoms with Crippen LogP contribution in [0.4, 0.5) is 0 Å². The van der Waals surface area contributed by atoms with Crippen LogP contribution < -0.4 is 5.73 Å². The van der Waals surface area contributed by atoms with Crippen LogP contribution in [0.2, 0.25) is 0 Å². The van der Waals surface area contributed by atoms with E-state index >= 15 is 0 Å². The Hall–Kier alpha value is -1.39. The quantitative estimate of drug-likeness (QED) is 0.813. The van der Waals surface area contributed by atoms with Gasteiger partial charge in [0.25, 0.3) is 0 Å². The summed E-state index contributed by atoms with van der Waals surface area (Å²) >= 11 is 0. The van der Waals surface area contributed by atoms with Gasteiger partial charge in [-0.2, -0.15) is 0 Å². The van der Waals surface area contributed by atoms with E-state index in [1.54, 1.807) is 0 Å². The molecule has 0 saturated carbocycles. The molecule has 4 nitrogen and oxygen atoms in total. The summed E-state index contributed by atoms with van der Waals surface area (Å²) in [6, 6.07) is 5.90. The smallest absolute Gasteiger partial charge is 0.205 e. The van der Waals surface area contributed by atoms with Crippen LogP contribution in [-0.4, -0.2) is 24.2 Å². The van der Waals surface area contributed by atoms with Gasteiger partial charge >= 0.3 is 0 Å². The highest BCUT2D eigenvalue weighted by molar-refractivity contribution is 5.76. The van der Waals surface area contributed by atoms with Crippen molar-refractivity contribution in [3.05, 3.63) is 29.7 Å². The van der Waals surface area contributed by atoms with Crippen molar-refractivity contribution in [3.8, 4) is 0 Å². The Labute approximate surface area is 99.8 Å². The van der Waals surface area contributed by atoms with E-state index in [0.29, 0.717) is 19.1 Å². The van der Waals surface area contributed by atoms with E-state index in [-0.39, 0.29) is 11.5 Å². The maximum absolute atomic E-state index is 6.08. The van der Waals surface area contributed by atoms with Crippen LogP contribution in [0.25, 0.3) is 11.1 Å². The van der Waals surface area contributed by atoms with Crippen LogP contribution >= 0.6 is 0 Å². The van der Waals surface area contributed by atoms with Crippen LogP contribution in [0.15, 0.2) is 22.6 Å². The molecule has 0 bridgehead atoms. The average Bonchev–Trinajstić information content (AvgIpc) is 2.86. The summed E-state index contributed by atoms with van der Waals surface area (Å²) in [6.45, 7) is 5.20. The molecule has 1 aliphatic heterocycles. The van der Waals surface area contributed by atoms with Crippen molar-refractivity contribution in [2.24, 2.45) is 5.73 Å². The monoisotopic (exact) mass is 232 g/mol. The highest BCUT2D eigenvalue weighted by atomic mass is 16.5. The number of nitrogens with two attached hydrogens (primary N) is 1. The van der Waals surface area contributed by atoms with Crippen molar-refractivity contribution < 1.29 is 9.15 Å². The molecule has 1 aromatic heterocycles. The van der Waals surface area contributed by atoms with Crippen molar-refractivity contribution in [1.82, 2.24) is 4.98 Å². The van der Waals surface area contributed by atoms with Gasteiger partial charge in [-0.25, -0.2) is 4.98 Å². The fraction of sp³-hybridized carbons (Fsp3) is 0.462. The van der Waals surface area contributed by atoms with Crippen molar-refractivity contribution >= 4 is 11.1 Å². The Morgan fingerprint density at radius 1 is 1.47 bits per heavy atom. The average molecular weight is 232 g/mol. The van der Waals surface area contributed by atoms with Crippen molar-refractivity contribution in [3.63, 3.8) is 0 Å². The SMILES string of the molecule is Cc1cccc2nc(C3(C)COCC3N)oc12. The standard InChI is InChI=1S/C13H16N2O2/c1-8-4-3-5-9-11(8)17-12(15-9)13(2)7-16-6-10(13)14/h3-5,10H,6-7,14H2,1-2H3. The van der Waals surface area contributed by atoms with E-state index < -0.39 is 0 Å². The fourth-order valence-electron chi connectivity index (χ4n) is 2.24. The largest absolute Gasteiger partial charge is 0.440 e. The number of benzene rings is 1. The summed E-state index contributed by atoms with van der Waals surface area (Å²) in [6.07, 6.45) is 0. The molecule has 0 amide bonds. The van der Waals surface area contributed by atoms with E-state index in [1.807, 2.05) is 32.0 Å². The van der Waals surface area contributed by atoms with E-state index in [9.17, 15) is 0 Å². The highest BCUT2D eigenvalue weighted by Crippen LogP contribution is 2.33. The summed E-state index contributed by atoms with van der Waals surface area (Å²) < 4.78 is 11.3. The van der Waals surface area contributed by atoms with Gasteiger partial charge in [-0.3, -0.25) is 0 Å². The minimum atomic E-state index is -0.314. The van der Waals surface area contributed by atoms with Crippen LogP contribution in [0.3, 0.4) is 0 Å². The molecule has 3 rings (SSSR count). The molecule has 2 heterocycles. The van der Waals surface area contributed by atoms with Gasteiger partial charge in [0, 0.05) is 6.04 Å². The number of fused-ring (bicyclic) bond motifs is 1.